The molecule has 2 heterocycles. The molecule has 0 aliphatic rings. The van der Waals surface area contributed by atoms with Gasteiger partial charge in [-0.15, -0.1) is 0 Å². The molecule has 0 bridgehead atoms. The molecule has 0 saturated carbocycles. The average molecular weight is 308 g/mol. The van der Waals surface area contributed by atoms with Crippen LogP contribution in [0.3, 0.4) is 0 Å². The van der Waals surface area contributed by atoms with Crippen LogP contribution >= 0.6 is 11.5 Å². The van der Waals surface area contributed by atoms with E-state index in [9.17, 15) is 4.79 Å². The van der Waals surface area contributed by atoms with Crippen molar-refractivity contribution in [3.63, 3.8) is 0 Å². The number of nitrogens with zero attached hydrogens (tertiary/aromatic N) is 2. The Labute approximate surface area is 126 Å². The van der Waals surface area contributed by atoms with Crippen LogP contribution in [0.25, 0.3) is 0 Å². The van der Waals surface area contributed by atoms with Crippen molar-refractivity contribution in [3.8, 4) is 5.88 Å². The third-order valence-corrected chi connectivity index (χ3v) is 3.41. The first-order valence-corrected chi connectivity index (χ1v) is 7.00. The van der Waals surface area contributed by atoms with E-state index in [4.69, 9.17) is 15.2 Å². The molecule has 2 rings (SSSR count). The van der Waals surface area contributed by atoms with Gasteiger partial charge in [-0.2, -0.15) is 4.37 Å². The van der Waals surface area contributed by atoms with E-state index in [-0.39, 0.29) is 5.91 Å². The zero-order valence-electron chi connectivity index (χ0n) is 11.8. The summed E-state index contributed by atoms with van der Waals surface area (Å²) in [7, 11) is 1.60. The maximum absolute atomic E-state index is 12.1. The molecule has 0 spiro atoms. The highest BCUT2D eigenvalue weighted by Crippen LogP contribution is 2.22. The summed E-state index contributed by atoms with van der Waals surface area (Å²) in [6.45, 7) is 2.65. The van der Waals surface area contributed by atoms with Crippen molar-refractivity contribution < 1.29 is 14.3 Å². The molecule has 8 heteroatoms. The number of amides is 1. The Kier molecular flexibility index (Phi) is 5.07. The molecule has 112 valence electrons. The smallest absolute Gasteiger partial charge is 0.260 e. The Balaban J connectivity index is 1.98. The number of hydrogen-bond acceptors (Lipinski definition) is 7. The molecule has 0 unspecified atom stereocenters. The molecular formula is C13H16N4O3S. The summed E-state index contributed by atoms with van der Waals surface area (Å²) in [5.74, 6) is 0.173. The van der Waals surface area contributed by atoms with Crippen molar-refractivity contribution >= 4 is 28.1 Å². The van der Waals surface area contributed by atoms with E-state index in [0.717, 1.165) is 11.5 Å². The number of carbonyl (C=O) groups is 1. The van der Waals surface area contributed by atoms with E-state index in [1.807, 2.05) is 0 Å². The lowest BCUT2D eigenvalue weighted by Crippen LogP contribution is -2.14. The molecule has 0 fully saturated rings. The van der Waals surface area contributed by atoms with E-state index in [2.05, 4.69) is 14.7 Å². The average Bonchev–Trinajstić information content (AvgIpc) is 2.80. The number of pyridine rings is 1. The summed E-state index contributed by atoms with van der Waals surface area (Å²) >= 11 is 1.10. The van der Waals surface area contributed by atoms with Gasteiger partial charge in [-0.25, -0.2) is 4.98 Å². The number of nitrogens with one attached hydrogen (secondary N) is 1. The second-order valence-corrected chi connectivity index (χ2v) is 4.99. The number of methoxy groups -OCH3 is 1. The molecule has 3 N–H and O–H groups in total. The summed E-state index contributed by atoms with van der Waals surface area (Å²) in [5.41, 5.74) is 7.31. The number of nitrogen functional groups attached to an aromatic ring is 1. The van der Waals surface area contributed by atoms with Crippen LogP contribution < -0.4 is 15.8 Å². The second-order valence-electron chi connectivity index (χ2n) is 4.19. The van der Waals surface area contributed by atoms with Crippen molar-refractivity contribution in [2.45, 2.75) is 6.92 Å². The molecule has 1 amide bonds. The highest BCUT2D eigenvalue weighted by molar-refractivity contribution is 7.10. The number of aryl methyl sites for hydroxylation is 1. The van der Waals surface area contributed by atoms with Gasteiger partial charge in [-0.1, -0.05) is 0 Å². The Bertz CT molecular complexity index is 593. The topological polar surface area (TPSA) is 99.4 Å². The van der Waals surface area contributed by atoms with Gasteiger partial charge < -0.3 is 20.5 Å². The SMILES string of the molecule is COCCOc1ccc(NC(=O)c2c(C)nsc2N)cn1. The molecule has 2 aromatic heterocycles. The zero-order valence-corrected chi connectivity index (χ0v) is 12.6. The van der Waals surface area contributed by atoms with E-state index < -0.39 is 0 Å². The molecule has 0 atom stereocenters. The van der Waals surface area contributed by atoms with Crippen LogP contribution in [0.4, 0.5) is 10.7 Å². The van der Waals surface area contributed by atoms with Gasteiger partial charge in [0, 0.05) is 13.2 Å². The van der Waals surface area contributed by atoms with Gasteiger partial charge in [0.25, 0.3) is 5.91 Å². The van der Waals surface area contributed by atoms with Crippen molar-refractivity contribution in [1.29, 1.82) is 0 Å². The normalized spacial score (nSPS) is 10.4. The highest BCUT2D eigenvalue weighted by Gasteiger charge is 2.16. The fourth-order valence-corrected chi connectivity index (χ4v) is 2.28. The van der Waals surface area contributed by atoms with Crippen molar-refractivity contribution in [1.82, 2.24) is 9.36 Å². The molecule has 0 aliphatic carbocycles. The first kappa shape index (κ1) is 15.2. The molecule has 0 saturated heterocycles. The van der Waals surface area contributed by atoms with Gasteiger partial charge in [-0.05, 0) is 24.5 Å². The van der Waals surface area contributed by atoms with E-state index in [0.29, 0.717) is 41.0 Å². The van der Waals surface area contributed by atoms with E-state index >= 15 is 0 Å². The monoisotopic (exact) mass is 308 g/mol. The van der Waals surface area contributed by atoms with E-state index in [1.165, 1.54) is 6.20 Å². The number of anilines is 2. The zero-order chi connectivity index (χ0) is 15.2. The Morgan fingerprint density at radius 3 is 2.81 bits per heavy atom. The van der Waals surface area contributed by atoms with Gasteiger partial charge in [0.1, 0.15) is 11.6 Å². The standard InChI is InChI=1S/C13H16N4O3S/c1-8-11(12(14)21-17-8)13(18)16-9-3-4-10(15-7-9)20-6-5-19-2/h3-4,7H,5-6,14H2,1-2H3,(H,16,18). The lowest BCUT2D eigenvalue weighted by Gasteiger charge is -2.07. The first-order valence-electron chi connectivity index (χ1n) is 6.22. The van der Waals surface area contributed by atoms with Crippen LogP contribution in [0.15, 0.2) is 18.3 Å². The minimum Gasteiger partial charge on any atom is -0.475 e. The molecule has 0 aliphatic heterocycles. The number of carbonyl (C=O) groups excluding carboxylic acids is 1. The Hall–Kier alpha value is -2.19. The van der Waals surface area contributed by atoms with Gasteiger partial charge in [-0.3, -0.25) is 4.79 Å². The van der Waals surface area contributed by atoms with Crippen LogP contribution in [0.1, 0.15) is 16.1 Å². The third-order valence-electron chi connectivity index (χ3n) is 2.65. The molecular weight excluding hydrogens is 292 g/mol. The highest BCUT2D eigenvalue weighted by atomic mass is 32.1. The summed E-state index contributed by atoms with van der Waals surface area (Å²) in [5, 5.41) is 3.13. The largest absolute Gasteiger partial charge is 0.475 e. The predicted octanol–water partition coefficient (Wildman–Crippen LogP) is 1.71. The van der Waals surface area contributed by atoms with Gasteiger partial charge in [0.15, 0.2) is 0 Å². The molecule has 7 nitrogen and oxygen atoms in total. The maximum atomic E-state index is 12.1. The fraction of sp³-hybridized carbons (Fsp3) is 0.308. The lowest BCUT2D eigenvalue weighted by molar-refractivity contribution is 0.102. The van der Waals surface area contributed by atoms with Crippen molar-refractivity contribution in [3.05, 3.63) is 29.6 Å². The van der Waals surface area contributed by atoms with Gasteiger partial charge in [0.05, 0.1) is 29.7 Å². The predicted molar refractivity (Wildman–Crippen MR) is 80.8 cm³/mol. The lowest BCUT2D eigenvalue weighted by atomic mass is 10.2. The third kappa shape index (κ3) is 3.89. The Morgan fingerprint density at radius 2 is 2.24 bits per heavy atom. The van der Waals surface area contributed by atoms with Crippen LogP contribution in [0, 0.1) is 6.92 Å². The van der Waals surface area contributed by atoms with Crippen molar-refractivity contribution in [2.24, 2.45) is 0 Å². The number of aromatic nitrogens is 2. The van der Waals surface area contributed by atoms with Crippen LogP contribution in [-0.4, -0.2) is 35.6 Å². The fourth-order valence-electron chi connectivity index (χ4n) is 1.63. The van der Waals surface area contributed by atoms with Gasteiger partial charge in [0.2, 0.25) is 5.88 Å². The Morgan fingerprint density at radius 1 is 1.43 bits per heavy atom. The number of hydrogen-bond donors (Lipinski definition) is 2. The quantitative estimate of drug-likeness (QED) is 0.788. The molecule has 2 aromatic rings. The number of rotatable bonds is 6. The first-order chi connectivity index (χ1) is 10.1. The summed E-state index contributed by atoms with van der Waals surface area (Å²) in [6, 6.07) is 3.38. The van der Waals surface area contributed by atoms with Crippen LogP contribution in [-0.2, 0) is 4.74 Å². The van der Waals surface area contributed by atoms with E-state index in [1.54, 1.807) is 26.2 Å². The molecule has 0 radical (unpaired) electrons. The second kappa shape index (κ2) is 7.00. The maximum Gasteiger partial charge on any atom is 0.260 e. The van der Waals surface area contributed by atoms with Gasteiger partial charge >= 0.3 is 0 Å². The van der Waals surface area contributed by atoms with Crippen LogP contribution in [0.5, 0.6) is 5.88 Å². The minimum atomic E-state index is -0.298. The summed E-state index contributed by atoms with van der Waals surface area (Å²) in [6.07, 6.45) is 1.52. The van der Waals surface area contributed by atoms with Crippen molar-refractivity contribution in [2.75, 3.05) is 31.4 Å². The summed E-state index contributed by atoms with van der Waals surface area (Å²) in [4.78, 5) is 16.2. The minimum absolute atomic E-state index is 0.298. The molecule has 0 aromatic carbocycles. The number of ether oxygens (including phenoxy) is 2. The summed E-state index contributed by atoms with van der Waals surface area (Å²) < 4.78 is 14.3. The number of nitrogens with two attached hydrogens (primary N) is 1. The molecule has 21 heavy (non-hydrogen) atoms. The van der Waals surface area contributed by atoms with Crippen LogP contribution in [0.2, 0.25) is 0 Å².